The molecule has 0 spiro atoms. The second-order valence-corrected chi connectivity index (χ2v) is 8.16. The predicted octanol–water partition coefficient (Wildman–Crippen LogP) is 6.38. The molecule has 0 aliphatic heterocycles. The average molecular weight is 427 g/mol. The highest BCUT2D eigenvalue weighted by Gasteiger charge is 2.20. The van der Waals surface area contributed by atoms with E-state index in [1.807, 2.05) is 34.9 Å². The van der Waals surface area contributed by atoms with Crippen LogP contribution in [0.5, 0.6) is 0 Å². The van der Waals surface area contributed by atoms with Gasteiger partial charge in [0, 0.05) is 17.3 Å². The minimum absolute atomic E-state index is 0. The van der Waals surface area contributed by atoms with Gasteiger partial charge < -0.3 is 9.30 Å². The summed E-state index contributed by atoms with van der Waals surface area (Å²) >= 11 is 0. The van der Waals surface area contributed by atoms with Crippen LogP contribution in [0.25, 0.3) is 5.52 Å². The summed E-state index contributed by atoms with van der Waals surface area (Å²) in [4.78, 5) is 15.8. The van der Waals surface area contributed by atoms with E-state index in [1.165, 1.54) is 18.5 Å². The summed E-state index contributed by atoms with van der Waals surface area (Å²) in [6.45, 7) is 12.2. The molecule has 3 rings (SSSR count). The summed E-state index contributed by atoms with van der Waals surface area (Å²) in [7, 11) is 0. The SMILES string of the molecule is CCCN(CC)CCCc1ccc(C(=O)c2c(C(C)C)cc3ccccn23)cc1.Cl. The van der Waals surface area contributed by atoms with Gasteiger partial charge in [-0.1, -0.05) is 58.0 Å². The molecule has 2 heterocycles. The molecule has 0 radical (unpaired) electrons. The van der Waals surface area contributed by atoms with E-state index in [0.717, 1.165) is 48.3 Å². The van der Waals surface area contributed by atoms with Gasteiger partial charge in [-0.25, -0.2) is 0 Å². The van der Waals surface area contributed by atoms with Crippen molar-refractivity contribution in [1.82, 2.24) is 9.30 Å². The van der Waals surface area contributed by atoms with Crippen LogP contribution < -0.4 is 0 Å². The van der Waals surface area contributed by atoms with Crippen molar-refractivity contribution in [1.29, 1.82) is 0 Å². The number of benzene rings is 1. The van der Waals surface area contributed by atoms with Crippen LogP contribution in [0.3, 0.4) is 0 Å². The lowest BCUT2D eigenvalue weighted by molar-refractivity contribution is 0.103. The largest absolute Gasteiger partial charge is 0.313 e. The normalized spacial score (nSPS) is 11.3. The summed E-state index contributed by atoms with van der Waals surface area (Å²) in [6.07, 6.45) is 5.40. The molecule has 0 saturated carbocycles. The first kappa shape index (κ1) is 24.2. The minimum Gasteiger partial charge on any atom is -0.313 e. The molecule has 0 saturated heterocycles. The van der Waals surface area contributed by atoms with Gasteiger partial charge >= 0.3 is 0 Å². The Morgan fingerprint density at radius 1 is 1.03 bits per heavy atom. The number of halogens is 1. The van der Waals surface area contributed by atoms with E-state index in [0.29, 0.717) is 5.92 Å². The van der Waals surface area contributed by atoms with E-state index < -0.39 is 0 Å². The Kier molecular flexibility index (Phi) is 9.13. The predicted molar refractivity (Wildman–Crippen MR) is 129 cm³/mol. The van der Waals surface area contributed by atoms with Gasteiger partial charge in [-0.3, -0.25) is 4.79 Å². The topological polar surface area (TPSA) is 24.7 Å². The molecule has 0 atom stereocenters. The number of ketones is 1. The molecule has 0 N–H and O–H groups in total. The first-order valence-corrected chi connectivity index (χ1v) is 11.0. The number of carbonyl (C=O) groups is 1. The highest BCUT2D eigenvalue weighted by molar-refractivity contribution is 6.09. The Morgan fingerprint density at radius 3 is 2.40 bits per heavy atom. The van der Waals surface area contributed by atoms with Crippen LogP contribution >= 0.6 is 12.4 Å². The van der Waals surface area contributed by atoms with Crippen molar-refractivity contribution in [2.75, 3.05) is 19.6 Å². The molecule has 30 heavy (non-hydrogen) atoms. The Bertz CT molecular complexity index is 943. The summed E-state index contributed by atoms with van der Waals surface area (Å²) < 4.78 is 2.03. The van der Waals surface area contributed by atoms with Crippen LogP contribution in [0, 0.1) is 0 Å². The van der Waals surface area contributed by atoms with Crippen molar-refractivity contribution >= 4 is 23.7 Å². The van der Waals surface area contributed by atoms with E-state index in [4.69, 9.17) is 0 Å². The number of rotatable bonds is 10. The molecule has 4 heteroatoms. The molecule has 0 aliphatic rings. The highest BCUT2D eigenvalue weighted by atomic mass is 35.5. The van der Waals surface area contributed by atoms with Crippen LogP contribution in [-0.2, 0) is 6.42 Å². The fraction of sp³-hybridized carbons (Fsp3) is 0.423. The number of carbonyl (C=O) groups excluding carboxylic acids is 1. The van der Waals surface area contributed by atoms with E-state index in [1.54, 1.807) is 0 Å². The van der Waals surface area contributed by atoms with Gasteiger partial charge in [0.15, 0.2) is 0 Å². The van der Waals surface area contributed by atoms with Crippen molar-refractivity contribution < 1.29 is 4.79 Å². The molecule has 162 valence electrons. The number of nitrogens with zero attached hydrogens (tertiary/aromatic N) is 2. The molecule has 3 aromatic rings. The third-order valence-electron chi connectivity index (χ3n) is 5.69. The molecule has 0 aliphatic carbocycles. The molecule has 2 aromatic heterocycles. The van der Waals surface area contributed by atoms with Crippen molar-refractivity contribution in [2.24, 2.45) is 0 Å². The molecule has 0 amide bonds. The molecular formula is C26H35ClN2O. The molecular weight excluding hydrogens is 392 g/mol. The van der Waals surface area contributed by atoms with Crippen LogP contribution in [-0.4, -0.2) is 34.7 Å². The number of hydrogen-bond acceptors (Lipinski definition) is 2. The second kappa shape index (κ2) is 11.3. The lowest BCUT2D eigenvalue weighted by atomic mass is 9.97. The zero-order valence-corrected chi connectivity index (χ0v) is 19.5. The van der Waals surface area contributed by atoms with E-state index >= 15 is 0 Å². The third kappa shape index (κ3) is 5.53. The molecule has 3 nitrogen and oxygen atoms in total. The van der Waals surface area contributed by atoms with Gasteiger partial charge in [-0.15, -0.1) is 12.4 Å². The van der Waals surface area contributed by atoms with Gasteiger partial charge in [0.1, 0.15) is 0 Å². The first-order valence-electron chi connectivity index (χ1n) is 11.0. The molecule has 0 bridgehead atoms. The minimum atomic E-state index is 0. The van der Waals surface area contributed by atoms with Crippen LogP contribution in [0.2, 0.25) is 0 Å². The molecule has 0 fully saturated rings. The average Bonchev–Trinajstić information content (AvgIpc) is 3.13. The van der Waals surface area contributed by atoms with Crippen LogP contribution in [0.1, 0.15) is 73.6 Å². The zero-order chi connectivity index (χ0) is 20.8. The number of fused-ring (bicyclic) bond motifs is 1. The smallest absolute Gasteiger partial charge is 0.210 e. The quantitative estimate of drug-likeness (QED) is 0.351. The van der Waals surface area contributed by atoms with Gasteiger partial charge in [0.25, 0.3) is 0 Å². The summed E-state index contributed by atoms with van der Waals surface area (Å²) in [5.41, 5.74) is 5.05. The summed E-state index contributed by atoms with van der Waals surface area (Å²) in [5, 5.41) is 0. The maximum atomic E-state index is 13.3. The fourth-order valence-corrected chi connectivity index (χ4v) is 4.04. The van der Waals surface area contributed by atoms with Gasteiger partial charge in [-0.05, 0) is 74.1 Å². The zero-order valence-electron chi connectivity index (χ0n) is 18.7. The number of pyridine rings is 1. The summed E-state index contributed by atoms with van der Waals surface area (Å²) in [5.74, 6) is 0.407. The highest BCUT2D eigenvalue weighted by Crippen LogP contribution is 2.26. The molecule has 0 unspecified atom stereocenters. The Hall–Kier alpha value is -2.10. The van der Waals surface area contributed by atoms with Gasteiger partial charge in [0.2, 0.25) is 5.78 Å². The van der Waals surface area contributed by atoms with Gasteiger partial charge in [-0.2, -0.15) is 0 Å². The number of aryl methyl sites for hydroxylation is 1. The maximum absolute atomic E-state index is 13.3. The van der Waals surface area contributed by atoms with Crippen LogP contribution in [0.4, 0.5) is 0 Å². The number of hydrogen-bond donors (Lipinski definition) is 0. The maximum Gasteiger partial charge on any atom is 0.210 e. The standard InChI is InChI=1S/C26H34N2O.ClH/c1-5-16-27(6-2)17-9-10-21-12-14-22(15-13-21)26(29)25-24(20(3)4)19-23-11-7-8-18-28(23)25;/h7-8,11-15,18-20H,5-6,9-10,16-17H2,1-4H3;1H. The first-order chi connectivity index (χ1) is 14.0. The monoisotopic (exact) mass is 426 g/mol. The third-order valence-corrected chi connectivity index (χ3v) is 5.69. The summed E-state index contributed by atoms with van der Waals surface area (Å²) in [6, 6.07) is 16.4. The lowest BCUT2D eigenvalue weighted by Crippen LogP contribution is -2.25. The van der Waals surface area contributed by atoms with Gasteiger partial charge in [0.05, 0.1) is 5.69 Å². The van der Waals surface area contributed by atoms with Crippen molar-refractivity contribution in [3.63, 3.8) is 0 Å². The van der Waals surface area contributed by atoms with E-state index in [2.05, 4.69) is 56.9 Å². The second-order valence-electron chi connectivity index (χ2n) is 8.16. The molecule has 1 aromatic carbocycles. The van der Waals surface area contributed by atoms with Crippen molar-refractivity contribution in [2.45, 2.75) is 52.9 Å². The fourth-order valence-electron chi connectivity index (χ4n) is 4.04. The number of aromatic nitrogens is 1. The Labute approximate surface area is 187 Å². The Morgan fingerprint density at radius 2 is 1.77 bits per heavy atom. The van der Waals surface area contributed by atoms with E-state index in [9.17, 15) is 4.79 Å². The van der Waals surface area contributed by atoms with Crippen molar-refractivity contribution in [3.05, 3.63) is 77.1 Å². The van der Waals surface area contributed by atoms with Crippen LogP contribution in [0.15, 0.2) is 54.7 Å². The van der Waals surface area contributed by atoms with E-state index in [-0.39, 0.29) is 18.2 Å². The lowest BCUT2D eigenvalue weighted by Gasteiger charge is -2.19. The van der Waals surface area contributed by atoms with Crippen molar-refractivity contribution in [3.8, 4) is 0 Å². The Balaban J connectivity index is 0.00000320.